The summed E-state index contributed by atoms with van der Waals surface area (Å²) in [6, 6.07) is 10.0. The lowest BCUT2D eigenvalue weighted by Gasteiger charge is -2.08. The molecule has 9 heteroatoms. The maximum Gasteiger partial charge on any atom is 0.261 e. The predicted molar refractivity (Wildman–Crippen MR) is 105 cm³/mol. The molecule has 2 rings (SSSR count). The Morgan fingerprint density at radius 2 is 1.64 bits per heavy atom. The van der Waals surface area contributed by atoms with Crippen LogP contribution in [0.15, 0.2) is 36.4 Å². The van der Waals surface area contributed by atoms with Crippen molar-refractivity contribution < 1.29 is 23.9 Å². The zero-order valence-electron chi connectivity index (χ0n) is 15.5. The number of nitrogens with two attached hydrogens (primary N) is 1. The molecular formula is C19H23N3O5S. The quantitative estimate of drug-likeness (QED) is 0.485. The van der Waals surface area contributed by atoms with Gasteiger partial charge in [-0.1, -0.05) is 12.1 Å². The van der Waals surface area contributed by atoms with Crippen molar-refractivity contribution in [2.75, 3.05) is 33.5 Å². The van der Waals surface area contributed by atoms with Crippen LogP contribution in [0.1, 0.15) is 35.3 Å². The van der Waals surface area contributed by atoms with Gasteiger partial charge in [0, 0.05) is 25.8 Å². The average Bonchev–Trinajstić information content (AvgIpc) is 3.20. The van der Waals surface area contributed by atoms with Crippen molar-refractivity contribution in [3.63, 3.8) is 0 Å². The van der Waals surface area contributed by atoms with Gasteiger partial charge in [0.05, 0.1) is 29.6 Å². The van der Waals surface area contributed by atoms with Crippen molar-refractivity contribution in [2.45, 2.75) is 6.54 Å². The summed E-state index contributed by atoms with van der Waals surface area (Å²) in [5, 5.41) is 5.53. The minimum absolute atomic E-state index is 0.191. The van der Waals surface area contributed by atoms with E-state index in [4.69, 9.17) is 15.2 Å². The molecule has 28 heavy (non-hydrogen) atoms. The van der Waals surface area contributed by atoms with Gasteiger partial charge in [-0.05, 0) is 29.8 Å². The van der Waals surface area contributed by atoms with Gasteiger partial charge < -0.3 is 25.8 Å². The van der Waals surface area contributed by atoms with E-state index in [1.807, 2.05) is 0 Å². The number of benzene rings is 1. The molecule has 0 atom stereocenters. The number of hydrogen-bond acceptors (Lipinski definition) is 6. The highest BCUT2D eigenvalue weighted by molar-refractivity contribution is 7.15. The molecule has 0 aliphatic heterocycles. The van der Waals surface area contributed by atoms with Crippen LogP contribution < -0.4 is 16.4 Å². The van der Waals surface area contributed by atoms with Crippen LogP contribution in [0.5, 0.6) is 0 Å². The van der Waals surface area contributed by atoms with Crippen molar-refractivity contribution in [2.24, 2.45) is 5.73 Å². The third kappa shape index (κ3) is 6.76. The predicted octanol–water partition coefficient (Wildman–Crippen LogP) is 1.17. The van der Waals surface area contributed by atoms with E-state index in [1.165, 1.54) is 6.07 Å². The van der Waals surface area contributed by atoms with E-state index in [1.54, 1.807) is 37.4 Å². The molecule has 0 bridgehead atoms. The van der Waals surface area contributed by atoms with Crippen molar-refractivity contribution in [1.82, 2.24) is 10.6 Å². The highest BCUT2D eigenvalue weighted by Gasteiger charge is 2.12. The molecule has 1 aromatic heterocycles. The molecule has 1 aromatic carbocycles. The highest BCUT2D eigenvalue weighted by atomic mass is 32.1. The van der Waals surface area contributed by atoms with E-state index < -0.39 is 5.91 Å². The molecule has 1 heterocycles. The maximum absolute atomic E-state index is 12.1. The number of carbonyl (C=O) groups is 3. The summed E-state index contributed by atoms with van der Waals surface area (Å²) < 4.78 is 10.1. The molecule has 150 valence electrons. The Morgan fingerprint density at radius 3 is 2.29 bits per heavy atom. The molecule has 0 aliphatic carbocycles. The first kappa shape index (κ1) is 21.5. The first-order chi connectivity index (χ1) is 13.5. The van der Waals surface area contributed by atoms with Gasteiger partial charge >= 0.3 is 0 Å². The minimum Gasteiger partial charge on any atom is -0.382 e. The zero-order valence-corrected chi connectivity index (χ0v) is 16.3. The molecule has 3 amide bonds. The number of methoxy groups -OCH3 is 1. The van der Waals surface area contributed by atoms with Crippen LogP contribution in [-0.2, 0) is 16.0 Å². The molecule has 0 fully saturated rings. The first-order valence-corrected chi connectivity index (χ1v) is 9.44. The fraction of sp³-hybridized carbons (Fsp3) is 0.316. The maximum atomic E-state index is 12.1. The number of primary amides is 1. The molecule has 4 N–H and O–H groups in total. The van der Waals surface area contributed by atoms with Crippen LogP contribution in [0, 0.1) is 0 Å². The third-order valence-corrected chi connectivity index (χ3v) is 4.80. The standard InChI is InChI=1S/C19H23N3O5S/c1-26-10-11-27-9-8-21-18(24)14-4-2-13(3-5-14)12-22-19(25)16-7-6-15(28-16)17(20)23/h2-7H,8-12H2,1H3,(H2,20,23)(H,21,24)(H,22,25). The second-order valence-electron chi connectivity index (χ2n) is 5.77. The number of nitrogens with one attached hydrogen (secondary N) is 2. The average molecular weight is 405 g/mol. The summed E-state index contributed by atoms with van der Waals surface area (Å²) in [6.07, 6.45) is 0. The van der Waals surface area contributed by atoms with Crippen LogP contribution in [0.25, 0.3) is 0 Å². The molecule has 0 aliphatic rings. The van der Waals surface area contributed by atoms with Gasteiger partial charge in [0.15, 0.2) is 0 Å². The van der Waals surface area contributed by atoms with Crippen molar-refractivity contribution >= 4 is 29.1 Å². The van der Waals surface area contributed by atoms with E-state index in [-0.39, 0.29) is 11.8 Å². The largest absolute Gasteiger partial charge is 0.382 e. The second-order valence-corrected chi connectivity index (χ2v) is 6.85. The van der Waals surface area contributed by atoms with Crippen molar-refractivity contribution in [3.8, 4) is 0 Å². The Hall–Kier alpha value is -2.75. The Labute approximate surface area is 167 Å². The smallest absolute Gasteiger partial charge is 0.261 e. The lowest BCUT2D eigenvalue weighted by atomic mass is 10.1. The lowest BCUT2D eigenvalue weighted by Crippen LogP contribution is -2.27. The summed E-state index contributed by atoms with van der Waals surface area (Å²) in [5.74, 6) is -1.03. The third-order valence-electron chi connectivity index (χ3n) is 3.71. The molecular weight excluding hydrogens is 382 g/mol. The second kappa shape index (κ2) is 11.2. The van der Waals surface area contributed by atoms with Gasteiger partial charge in [0.1, 0.15) is 0 Å². The van der Waals surface area contributed by atoms with Gasteiger partial charge in [-0.25, -0.2) is 0 Å². The van der Waals surface area contributed by atoms with Crippen molar-refractivity contribution in [1.29, 1.82) is 0 Å². The topological polar surface area (TPSA) is 120 Å². The van der Waals surface area contributed by atoms with Gasteiger partial charge in [0.25, 0.3) is 17.7 Å². The summed E-state index contributed by atoms with van der Waals surface area (Å²) in [5.41, 5.74) is 6.55. The summed E-state index contributed by atoms with van der Waals surface area (Å²) >= 11 is 1.05. The van der Waals surface area contributed by atoms with Gasteiger partial charge in [-0.15, -0.1) is 11.3 Å². The molecule has 0 saturated carbocycles. The highest BCUT2D eigenvalue weighted by Crippen LogP contribution is 2.16. The van der Waals surface area contributed by atoms with Crippen LogP contribution in [0.4, 0.5) is 0 Å². The zero-order chi connectivity index (χ0) is 20.4. The van der Waals surface area contributed by atoms with Crippen molar-refractivity contribution in [3.05, 3.63) is 57.3 Å². The molecule has 0 radical (unpaired) electrons. The van der Waals surface area contributed by atoms with Crippen LogP contribution in [0.2, 0.25) is 0 Å². The van der Waals surface area contributed by atoms with Crippen LogP contribution in [0.3, 0.4) is 0 Å². The Morgan fingerprint density at radius 1 is 0.929 bits per heavy atom. The number of rotatable bonds is 11. The van der Waals surface area contributed by atoms with E-state index in [2.05, 4.69) is 10.6 Å². The van der Waals surface area contributed by atoms with Gasteiger partial charge in [0.2, 0.25) is 0 Å². The number of ether oxygens (including phenoxy) is 2. The lowest BCUT2D eigenvalue weighted by molar-refractivity contribution is 0.0692. The van der Waals surface area contributed by atoms with Crippen LogP contribution in [-0.4, -0.2) is 51.2 Å². The fourth-order valence-corrected chi connectivity index (χ4v) is 2.99. The number of hydrogen-bond donors (Lipinski definition) is 3. The molecule has 0 unspecified atom stereocenters. The molecule has 8 nitrogen and oxygen atoms in total. The van der Waals surface area contributed by atoms with Crippen LogP contribution >= 0.6 is 11.3 Å². The van der Waals surface area contributed by atoms with E-state index in [0.29, 0.717) is 48.2 Å². The molecule has 0 saturated heterocycles. The van der Waals surface area contributed by atoms with Gasteiger partial charge in [-0.3, -0.25) is 14.4 Å². The first-order valence-electron chi connectivity index (χ1n) is 8.63. The van der Waals surface area contributed by atoms with E-state index in [9.17, 15) is 14.4 Å². The van der Waals surface area contributed by atoms with E-state index >= 15 is 0 Å². The summed E-state index contributed by atoms with van der Waals surface area (Å²) in [4.78, 5) is 36.0. The normalized spacial score (nSPS) is 10.5. The van der Waals surface area contributed by atoms with E-state index in [0.717, 1.165) is 16.9 Å². The number of thiophene rings is 1. The minimum atomic E-state index is -0.556. The molecule has 2 aromatic rings. The SMILES string of the molecule is COCCOCCNC(=O)c1ccc(CNC(=O)c2ccc(C(N)=O)s2)cc1. The van der Waals surface area contributed by atoms with Gasteiger partial charge in [-0.2, -0.15) is 0 Å². The Balaban J connectivity index is 1.76. The fourth-order valence-electron chi connectivity index (χ4n) is 2.22. The summed E-state index contributed by atoms with van der Waals surface area (Å²) in [7, 11) is 1.60. The number of carbonyl (C=O) groups excluding carboxylic acids is 3. The monoisotopic (exact) mass is 405 g/mol. The number of amides is 3. The summed E-state index contributed by atoms with van der Waals surface area (Å²) in [6.45, 7) is 2.14. The Kier molecular flexibility index (Phi) is 8.60. The Bertz CT molecular complexity index is 804. The molecule has 0 spiro atoms.